The number of rotatable bonds is 7. The third kappa shape index (κ3) is 5.27. The van der Waals surface area contributed by atoms with Crippen molar-refractivity contribution in [1.82, 2.24) is 9.71 Å². The van der Waals surface area contributed by atoms with Crippen molar-refractivity contribution in [3.63, 3.8) is 0 Å². The minimum Gasteiger partial charge on any atom is -0.325 e. The predicted molar refractivity (Wildman–Crippen MR) is 131 cm³/mol. The van der Waals surface area contributed by atoms with Gasteiger partial charge in [-0.15, -0.1) is 0 Å². The second-order valence-corrected chi connectivity index (χ2v) is 9.67. The summed E-state index contributed by atoms with van der Waals surface area (Å²) < 4.78 is 29.4. The topological polar surface area (TPSA) is 88.2 Å². The SMILES string of the molecule is Cc1ccc(NC(=O)C(Cc2ccccc2)NS(=O)(=O)c2cccc3cccnc23)cc1C. The zero-order chi connectivity index (χ0) is 23.4. The average molecular weight is 460 g/mol. The van der Waals surface area contributed by atoms with Gasteiger partial charge in [-0.05, 0) is 61.2 Å². The van der Waals surface area contributed by atoms with Gasteiger partial charge < -0.3 is 5.32 Å². The number of carbonyl (C=O) groups excluding carboxylic acids is 1. The molecule has 1 heterocycles. The van der Waals surface area contributed by atoms with Crippen LogP contribution in [0.25, 0.3) is 10.9 Å². The number of hydrogen-bond acceptors (Lipinski definition) is 4. The second kappa shape index (κ2) is 9.52. The Morgan fingerprint density at radius 3 is 2.42 bits per heavy atom. The first-order chi connectivity index (χ1) is 15.8. The Kier molecular flexibility index (Phi) is 6.53. The third-order valence-corrected chi connectivity index (χ3v) is 7.06. The number of anilines is 1. The van der Waals surface area contributed by atoms with Crippen molar-refractivity contribution in [3.8, 4) is 0 Å². The summed E-state index contributed by atoms with van der Waals surface area (Å²) in [6.07, 6.45) is 1.75. The van der Waals surface area contributed by atoms with Crippen molar-refractivity contribution in [2.75, 3.05) is 5.32 Å². The molecule has 0 spiro atoms. The van der Waals surface area contributed by atoms with E-state index in [1.54, 1.807) is 30.5 Å². The summed E-state index contributed by atoms with van der Waals surface area (Å²) in [5.74, 6) is -0.432. The molecule has 0 saturated heterocycles. The van der Waals surface area contributed by atoms with Crippen molar-refractivity contribution in [3.05, 3.63) is 102 Å². The minimum atomic E-state index is -4.03. The van der Waals surface area contributed by atoms with E-state index in [-0.39, 0.29) is 11.3 Å². The molecular weight excluding hydrogens is 434 g/mol. The normalized spacial score (nSPS) is 12.4. The Morgan fingerprint density at radius 2 is 1.67 bits per heavy atom. The number of aromatic nitrogens is 1. The molecule has 0 fully saturated rings. The van der Waals surface area contributed by atoms with Crippen LogP contribution >= 0.6 is 0 Å². The average Bonchev–Trinajstić information content (AvgIpc) is 2.81. The first-order valence-electron chi connectivity index (χ1n) is 10.6. The van der Waals surface area contributed by atoms with Crippen LogP contribution in [-0.2, 0) is 21.2 Å². The number of amides is 1. The van der Waals surface area contributed by atoms with Crippen LogP contribution in [0.5, 0.6) is 0 Å². The van der Waals surface area contributed by atoms with Crippen LogP contribution in [0, 0.1) is 13.8 Å². The number of sulfonamides is 1. The third-order valence-electron chi connectivity index (χ3n) is 5.56. The number of hydrogen-bond donors (Lipinski definition) is 2. The van der Waals surface area contributed by atoms with Crippen molar-refractivity contribution < 1.29 is 13.2 Å². The maximum absolute atomic E-state index is 13.4. The molecule has 168 valence electrons. The van der Waals surface area contributed by atoms with Gasteiger partial charge in [0.05, 0.1) is 5.52 Å². The Labute approximate surface area is 193 Å². The molecule has 1 amide bonds. The fourth-order valence-electron chi connectivity index (χ4n) is 3.63. The molecule has 6 nitrogen and oxygen atoms in total. The monoisotopic (exact) mass is 459 g/mol. The Hall–Kier alpha value is -3.55. The fourth-order valence-corrected chi connectivity index (χ4v) is 5.00. The van der Waals surface area contributed by atoms with E-state index in [0.717, 1.165) is 16.7 Å². The van der Waals surface area contributed by atoms with E-state index in [4.69, 9.17) is 0 Å². The molecule has 3 aromatic carbocycles. The molecule has 1 atom stereocenters. The first-order valence-corrected chi connectivity index (χ1v) is 12.1. The van der Waals surface area contributed by atoms with Crippen LogP contribution in [0.4, 0.5) is 5.69 Å². The molecule has 4 aromatic rings. The highest BCUT2D eigenvalue weighted by atomic mass is 32.2. The van der Waals surface area contributed by atoms with Gasteiger partial charge >= 0.3 is 0 Å². The Morgan fingerprint density at radius 1 is 0.909 bits per heavy atom. The molecule has 0 bridgehead atoms. The summed E-state index contributed by atoms with van der Waals surface area (Å²) >= 11 is 0. The van der Waals surface area contributed by atoms with E-state index in [1.165, 1.54) is 6.07 Å². The smallest absolute Gasteiger partial charge is 0.243 e. The van der Waals surface area contributed by atoms with Crippen LogP contribution in [0.3, 0.4) is 0 Å². The van der Waals surface area contributed by atoms with Crippen molar-refractivity contribution in [2.24, 2.45) is 0 Å². The molecule has 1 unspecified atom stereocenters. The number of fused-ring (bicyclic) bond motifs is 1. The van der Waals surface area contributed by atoms with Gasteiger partial charge in [0.25, 0.3) is 0 Å². The molecule has 0 saturated carbocycles. The highest BCUT2D eigenvalue weighted by Crippen LogP contribution is 2.22. The van der Waals surface area contributed by atoms with E-state index in [1.807, 2.05) is 62.4 Å². The summed E-state index contributed by atoms with van der Waals surface area (Å²) in [5.41, 5.74) is 3.97. The van der Waals surface area contributed by atoms with Crippen LogP contribution < -0.4 is 10.0 Å². The molecule has 4 rings (SSSR count). The number of aryl methyl sites for hydroxylation is 2. The van der Waals surface area contributed by atoms with E-state index >= 15 is 0 Å². The molecule has 0 aliphatic heterocycles. The lowest BCUT2D eigenvalue weighted by Crippen LogP contribution is -2.45. The standard InChI is InChI=1S/C26H25N3O3S/c1-18-13-14-22(16-19(18)2)28-26(30)23(17-20-8-4-3-5-9-20)29-33(31,32)24-12-6-10-21-11-7-15-27-25(21)24/h3-16,23,29H,17H2,1-2H3,(H,28,30). The van der Waals surface area contributed by atoms with Gasteiger partial charge in [0.2, 0.25) is 15.9 Å². The van der Waals surface area contributed by atoms with E-state index in [9.17, 15) is 13.2 Å². The molecule has 2 N–H and O–H groups in total. The Balaban J connectivity index is 1.66. The van der Waals surface area contributed by atoms with Crippen molar-refractivity contribution in [1.29, 1.82) is 0 Å². The maximum atomic E-state index is 13.4. The highest BCUT2D eigenvalue weighted by Gasteiger charge is 2.28. The lowest BCUT2D eigenvalue weighted by molar-refractivity contribution is -0.117. The van der Waals surface area contributed by atoms with Gasteiger partial charge in [-0.3, -0.25) is 9.78 Å². The van der Waals surface area contributed by atoms with Crippen molar-refractivity contribution >= 4 is 32.5 Å². The van der Waals surface area contributed by atoms with E-state index < -0.39 is 22.0 Å². The van der Waals surface area contributed by atoms with Crippen LogP contribution in [-0.4, -0.2) is 25.4 Å². The summed E-state index contributed by atoms with van der Waals surface area (Å²) in [4.78, 5) is 17.5. The van der Waals surface area contributed by atoms with Crippen molar-refractivity contribution in [2.45, 2.75) is 31.2 Å². The molecule has 0 aliphatic rings. The second-order valence-electron chi connectivity index (χ2n) is 7.98. The summed E-state index contributed by atoms with van der Waals surface area (Å²) in [5, 5.41) is 3.57. The van der Waals surface area contributed by atoms with Gasteiger partial charge in [0.1, 0.15) is 10.9 Å². The molecule has 1 aromatic heterocycles. The highest BCUT2D eigenvalue weighted by molar-refractivity contribution is 7.89. The molecule has 33 heavy (non-hydrogen) atoms. The summed E-state index contributed by atoms with van der Waals surface area (Å²) in [7, 11) is -4.03. The number of nitrogens with zero attached hydrogens (tertiary/aromatic N) is 1. The van der Waals surface area contributed by atoms with Gasteiger partial charge in [-0.2, -0.15) is 4.72 Å². The summed E-state index contributed by atoms with van der Waals surface area (Å²) in [6, 6.07) is 22.4. The molecule has 7 heteroatoms. The zero-order valence-electron chi connectivity index (χ0n) is 18.4. The van der Waals surface area contributed by atoms with Crippen LogP contribution in [0.15, 0.2) is 90.0 Å². The minimum absolute atomic E-state index is 0.0395. The fraction of sp³-hybridized carbons (Fsp3) is 0.154. The van der Waals surface area contributed by atoms with Crippen LogP contribution in [0.2, 0.25) is 0 Å². The zero-order valence-corrected chi connectivity index (χ0v) is 19.3. The molecule has 0 radical (unpaired) electrons. The van der Waals surface area contributed by atoms with Crippen LogP contribution in [0.1, 0.15) is 16.7 Å². The number of benzene rings is 3. The van der Waals surface area contributed by atoms with E-state index in [2.05, 4.69) is 15.0 Å². The number of pyridine rings is 1. The molecular formula is C26H25N3O3S. The number of para-hydroxylation sites is 1. The number of nitrogens with one attached hydrogen (secondary N) is 2. The van der Waals surface area contributed by atoms with E-state index in [0.29, 0.717) is 16.6 Å². The van der Waals surface area contributed by atoms with Gasteiger partial charge in [0, 0.05) is 17.3 Å². The van der Waals surface area contributed by atoms with Gasteiger partial charge in [-0.25, -0.2) is 8.42 Å². The maximum Gasteiger partial charge on any atom is 0.243 e. The quantitative estimate of drug-likeness (QED) is 0.429. The number of carbonyl (C=O) groups is 1. The summed E-state index contributed by atoms with van der Waals surface area (Å²) in [6.45, 7) is 3.95. The lowest BCUT2D eigenvalue weighted by Gasteiger charge is -2.19. The molecule has 0 aliphatic carbocycles. The largest absolute Gasteiger partial charge is 0.325 e. The van der Waals surface area contributed by atoms with Gasteiger partial charge in [0.15, 0.2) is 0 Å². The predicted octanol–water partition coefficient (Wildman–Crippen LogP) is 4.38. The first kappa shape index (κ1) is 22.6. The Bertz CT molecular complexity index is 1400. The van der Waals surface area contributed by atoms with Gasteiger partial charge in [-0.1, -0.05) is 54.6 Å². The lowest BCUT2D eigenvalue weighted by atomic mass is 10.1.